The molecule has 2 saturated heterocycles. The number of sulfonamides is 1. The minimum atomic E-state index is -3.52. The van der Waals surface area contributed by atoms with Crippen LogP contribution in [0.3, 0.4) is 0 Å². The lowest BCUT2D eigenvalue weighted by Crippen LogP contribution is -2.42. The van der Waals surface area contributed by atoms with Gasteiger partial charge in [0.25, 0.3) is 5.91 Å². The van der Waals surface area contributed by atoms with Gasteiger partial charge in [0.05, 0.1) is 15.5 Å². The molecule has 3 rings (SSSR count). The van der Waals surface area contributed by atoms with E-state index in [0.717, 1.165) is 19.3 Å². The van der Waals surface area contributed by atoms with E-state index in [9.17, 15) is 13.2 Å². The van der Waals surface area contributed by atoms with Crippen molar-refractivity contribution in [1.29, 1.82) is 0 Å². The normalized spacial score (nSPS) is 19.6. The molecule has 0 atom stereocenters. The van der Waals surface area contributed by atoms with Crippen molar-refractivity contribution in [2.45, 2.75) is 24.2 Å². The maximum atomic E-state index is 12.5. The number of carbonyl (C=O) groups excluding carboxylic acids is 1. The van der Waals surface area contributed by atoms with Crippen LogP contribution in [0.25, 0.3) is 0 Å². The van der Waals surface area contributed by atoms with Crippen molar-refractivity contribution < 1.29 is 13.2 Å². The van der Waals surface area contributed by atoms with E-state index in [-0.39, 0.29) is 16.4 Å². The van der Waals surface area contributed by atoms with E-state index in [1.165, 1.54) is 22.5 Å². The third-order valence-corrected chi connectivity index (χ3v) is 6.24. The Morgan fingerprint density at radius 2 is 1.71 bits per heavy atom. The first-order chi connectivity index (χ1) is 10.00. The van der Waals surface area contributed by atoms with Gasteiger partial charge in [0, 0.05) is 26.2 Å². The van der Waals surface area contributed by atoms with Gasteiger partial charge in [-0.15, -0.1) is 0 Å². The predicted molar refractivity (Wildman–Crippen MR) is 80.0 cm³/mol. The van der Waals surface area contributed by atoms with Crippen molar-refractivity contribution in [2.24, 2.45) is 0 Å². The van der Waals surface area contributed by atoms with Crippen LogP contribution in [-0.4, -0.2) is 49.7 Å². The average molecular weight is 329 g/mol. The highest BCUT2D eigenvalue weighted by Crippen LogP contribution is 2.27. The van der Waals surface area contributed by atoms with Gasteiger partial charge in [-0.1, -0.05) is 11.6 Å². The molecule has 0 bridgehead atoms. The number of carbonyl (C=O) groups is 1. The zero-order valence-electron chi connectivity index (χ0n) is 11.6. The maximum absolute atomic E-state index is 12.5. The van der Waals surface area contributed by atoms with Crippen molar-refractivity contribution in [3.05, 3.63) is 28.8 Å². The fraction of sp³-hybridized carbons (Fsp3) is 0.500. The van der Waals surface area contributed by atoms with E-state index in [4.69, 9.17) is 11.6 Å². The predicted octanol–water partition coefficient (Wildman–Crippen LogP) is 1.97. The Morgan fingerprint density at radius 1 is 1.05 bits per heavy atom. The molecule has 0 radical (unpaired) electrons. The van der Waals surface area contributed by atoms with Crippen LogP contribution >= 0.6 is 11.6 Å². The van der Waals surface area contributed by atoms with Gasteiger partial charge in [-0.05, 0) is 37.5 Å². The molecule has 1 amide bonds. The Bertz CT molecular complexity index is 665. The Labute approximate surface area is 129 Å². The van der Waals surface area contributed by atoms with Gasteiger partial charge in [0.1, 0.15) is 0 Å². The Kier molecular flexibility index (Phi) is 3.94. The number of nitrogens with zero attached hydrogens (tertiary/aromatic N) is 2. The number of amides is 1. The molecule has 0 N–H and O–H groups in total. The van der Waals surface area contributed by atoms with E-state index < -0.39 is 10.0 Å². The molecule has 7 heteroatoms. The van der Waals surface area contributed by atoms with Crippen molar-refractivity contribution in [1.82, 2.24) is 9.21 Å². The number of likely N-dealkylation sites (tertiary alicyclic amines) is 1. The van der Waals surface area contributed by atoms with Gasteiger partial charge in [-0.2, -0.15) is 4.31 Å². The number of benzene rings is 1. The van der Waals surface area contributed by atoms with Gasteiger partial charge in [-0.3, -0.25) is 4.79 Å². The Morgan fingerprint density at radius 3 is 2.29 bits per heavy atom. The summed E-state index contributed by atoms with van der Waals surface area (Å²) in [6, 6.07) is 4.39. The minimum Gasteiger partial charge on any atom is -0.338 e. The van der Waals surface area contributed by atoms with E-state index in [1.807, 2.05) is 0 Å². The lowest BCUT2D eigenvalue weighted by molar-refractivity contribution is 0.0652. The van der Waals surface area contributed by atoms with E-state index in [0.29, 0.717) is 31.2 Å². The summed E-state index contributed by atoms with van der Waals surface area (Å²) in [5.74, 6) is -0.190. The van der Waals surface area contributed by atoms with Crippen LogP contribution < -0.4 is 0 Å². The van der Waals surface area contributed by atoms with Crippen LogP contribution in [0.5, 0.6) is 0 Å². The molecule has 1 aromatic rings. The van der Waals surface area contributed by atoms with Crippen LogP contribution in [0.1, 0.15) is 29.6 Å². The second kappa shape index (κ2) is 5.59. The fourth-order valence-electron chi connectivity index (χ4n) is 2.60. The topological polar surface area (TPSA) is 57.7 Å². The second-order valence-electron chi connectivity index (χ2n) is 5.40. The van der Waals surface area contributed by atoms with E-state index in [1.54, 1.807) is 4.90 Å². The first kappa shape index (κ1) is 14.8. The third kappa shape index (κ3) is 2.67. The summed E-state index contributed by atoms with van der Waals surface area (Å²) in [6.45, 7) is 2.50. The first-order valence-corrected chi connectivity index (χ1v) is 8.91. The maximum Gasteiger partial charge on any atom is 0.255 e. The molecule has 2 aliphatic heterocycles. The molecule has 0 saturated carbocycles. The highest BCUT2D eigenvalue weighted by atomic mass is 35.5. The highest BCUT2D eigenvalue weighted by molar-refractivity contribution is 7.89. The highest BCUT2D eigenvalue weighted by Gasteiger charge is 2.29. The lowest BCUT2D eigenvalue weighted by atomic mass is 10.1. The second-order valence-corrected chi connectivity index (χ2v) is 7.74. The number of hydrogen-bond donors (Lipinski definition) is 0. The fourth-order valence-corrected chi connectivity index (χ4v) is 4.34. The quantitative estimate of drug-likeness (QED) is 0.852. The van der Waals surface area contributed by atoms with Crippen LogP contribution in [0.2, 0.25) is 5.02 Å². The molecule has 0 unspecified atom stereocenters. The zero-order chi connectivity index (χ0) is 15.0. The van der Waals surface area contributed by atoms with Crippen LogP contribution in [0, 0.1) is 0 Å². The number of halogens is 1. The van der Waals surface area contributed by atoms with Gasteiger partial charge < -0.3 is 4.90 Å². The average Bonchev–Trinajstić information content (AvgIpc) is 2.91. The summed E-state index contributed by atoms with van der Waals surface area (Å²) in [5.41, 5.74) is 0.275. The Balaban J connectivity index is 1.95. The van der Waals surface area contributed by atoms with Gasteiger partial charge in [-0.25, -0.2) is 8.42 Å². The van der Waals surface area contributed by atoms with Crippen molar-refractivity contribution in [3.8, 4) is 0 Å². The van der Waals surface area contributed by atoms with E-state index in [2.05, 4.69) is 0 Å². The van der Waals surface area contributed by atoms with Crippen molar-refractivity contribution >= 4 is 27.5 Å². The third-order valence-electron chi connectivity index (χ3n) is 4.01. The largest absolute Gasteiger partial charge is 0.338 e. The Hall–Kier alpha value is -1.11. The molecule has 1 aromatic carbocycles. The van der Waals surface area contributed by atoms with Gasteiger partial charge in [0.15, 0.2) is 0 Å². The molecule has 114 valence electrons. The standard InChI is InChI=1S/C14H17ClN2O3S/c15-13-5-4-11(21(19,20)17-8-1-2-9-17)10-12(13)14(18)16-6-3-7-16/h4-5,10H,1-3,6-9H2. The van der Waals surface area contributed by atoms with Gasteiger partial charge in [0.2, 0.25) is 10.0 Å². The summed E-state index contributed by atoms with van der Waals surface area (Å²) < 4.78 is 26.5. The molecule has 0 spiro atoms. The minimum absolute atomic E-state index is 0.151. The summed E-state index contributed by atoms with van der Waals surface area (Å²) >= 11 is 6.07. The number of hydrogen-bond acceptors (Lipinski definition) is 3. The molecule has 2 heterocycles. The molecule has 0 aliphatic carbocycles. The van der Waals surface area contributed by atoms with Crippen LogP contribution in [-0.2, 0) is 10.0 Å². The first-order valence-electron chi connectivity index (χ1n) is 7.09. The van der Waals surface area contributed by atoms with Crippen molar-refractivity contribution in [3.63, 3.8) is 0 Å². The molecule has 21 heavy (non-hydrogen) atoms. The lowest BCUT2D eigenvalue weighted by Gasteiger charge is -2.31. The summed E-state index contributed by atoms with van der Waals surface area (Å²) in [7, 11) is -3.52. The van der Waals surface area contributed by atoms with Crippen molar-refractivity contribution in [2.75, 3.05) is 26.2 Å². The van der Waals surface area contributed by atoms with Crippen LogP contribution in [0.4, 0.5) is 0 Å². The molecular formula is C14H17ClN2O3S. The van der Waals surface area contributed by atoms with E-state index >= 15 is 0 Å². The molecule has 2 fully saturated rings. The van der Waals surface area contributed by atoms with Crippen LogP contribution in [0.15, 0.2) is 23.1 Å². The van der Waals surface area contributed by atoms with Gasteiger partial charge >= 0.3 is 0 Å². The summed E-state index contributed by atoms with van der Waals surface area (Å²) in [4.78, 5) is 14.1. The monoisotopic (exact) mass is 328 g/mol. The SMILES string of the molecule is O=C(c1cc(S(=O)(=O)N2CCCC2)ccc1Cl)N1CCC1. The molecule has 2 aliphatic rings. The number of rotatable bonds is 3. The molecule has 0 aromatic heterocycles. The zero-order valence-corrected chi connectivity index (χ0v) is 13.2. The summed E-state index contributed by atoms with van der Waals surface area (Å²) in [6.07, 6.45) is 2.74. The molecular weight excluding hydrogens is 312 g/mol. The molecule has 5 nitrogen and oxygen atoms in total. The summed E-state index contributed by atoms with van der Waals surface area (Å²) in [5, 5.41) is 0.298. The smallest absolute Gasteiger partial charge is 0.255 e.